The van der Waals surface area contributed by atoms with E-state index in [9.17, 15) is 22.8 Å². The van der Waals surface area contributed by atoms with Gasteiger partial charge < -0.3 is 14.5 Å². The average Bonchev–Trinajstić information content (AvgIpc) is 2.98. The topological polar surface area (TPSA) is 56.0 Å². The number of benzene rings is 1. The quantitative estimate of drug-likeness (QED) is 0.772. The SMILES string of the molecule is CCn1ccc2c(ccn2CC(=O)Nc2ccc(C(F)(F)F)cc2)c1=O. The van der Waals surface area contributed by atoms with Crippen molar-refractivity contribution >= 4 is 22.5 Å². The molecule has 0 aliphatic rings. The average molecular weight is 363 g/mol. The van der Waals surface area contributed by atoms with Crippen molar-refractivity contribution in [3.8, 4) is 0 Å². The van der Waals surface area contributed by atoms with Crippen LogP contribution >= 0.6 is 0 Å². The van der Waals surface area contributed by atoms with E-state index in [-0.39, 0.29) is 17.8 Å². The summed E-state index contributed by atoms with van der Waals surface area (Å²) in [6, 6.07) is 7.63. The van der Waals surface area contributed by atoms with Gasteiger partial charge in [-0.3, -0.25) is 9.59 Å². The molecule has 2 heterocycles. The van der Waals surface area contributed by atoms with Crippen LogP contribution < -0.4 is 10.9 Å². The molecule has 0 bridgehead atoms. The summed E-state index contributed by atoms with van der Waals surface area (Å²) in [7, 11) is 0. The summed E-state index contributed by atoms with van der Waals surface area (Å²) < 4.78 is 40.8. The van der Waals surface area contributed by atoms with Crippen LogP contribution in [0.4, 0.5) is 18.9 Å². The van der Waals surface area contributed by atoms with E-state index in [0.29, 0.717) is 17.4 Å². The molecule has 1 N–H and O–H groups in total. The lowest BCUT2D eigenvalue weighted by Gasteiger charge is -2.10. The maximum Gasteiger partial charge on any atom is 0.416 e. The molecule has 1 amide bonds. The van der Waals surface area contributed by atoms with Crippen molar-refractivity contribution < 1.29 is 18.0 Å². The van der Waals surface area contributed by atoms with Crippen LogP contribution in [0.1, 0.15) is 12.5 Å². The predicted molar refractivity (Wildman–Crippen MR) is 91.9 cm³/mol. The minimum Gasteiger partial charge on any atom is -0.338 e. The van der Waals surface area contributed by atoms with Gasteiger partial charge in [-0.25, -0.2) is 0 Å². The lowest BCUT2D eigenvalue weighted by atomic mass is 10.2. The van der Waals surface area contributed by atoms with Gasteiger partial charge in [0.05, 0.1) is 16.5 Å². The molecule has 5 nitrogen and oxygen atoms in total. The molecule has 2 aromatic heterocycles. The Kier molecular flexibility index (Phi) is 4.58. The minimum atomic E-state index is -4.42. The Morgan fingerprint density at radius 1 is 1.04 bits per heavy atom. The molecule has 0 atom stereocenters. The number of anilines is 1. The highest BCUT2D eigenvalue weighted by Gasteiger charge is 2.29. The van der Waals surface area contributed by atoms with Gasteiger partial charge in [-0.2, -0.15) is 13.2 Å². The van der Waals surface area contributed by atoms with Crippen LogP contribution in [0.25, 0.3) is 10.9 Å². The molecule has 0 aliphatic carbocycles. The number of aromatic nitrogens is 2. The number of fused-ring (bicyclic) bond motifs is 1. The minimum absolute atomic E-state index is 0.0555. The zero-order chi connectivity index (χ0) is 18.9. The van der Waals surface area contributed by atoms with Crippen LogP contribution in [0.5, 0.6) is 0 Å². The number of hydrogen-bond donors (Lipinski definition) is 1. The number of carbonyl (C=O) groups is 1. The molecule has 0 saturated heterocycles. The van der Waals surface area contributed by atoms with Crippen molar-refractivity contribution in [3.05, 3.63) is 64.7 Å². The summed E-state index contributed by atoms with van der Waals surface area (Å²) >= 11 is 0. The van der Waals surface area contributed by atoms with Crippen LogP contribution in [0.2, 0.25) is 0 Å². The number of nitrogens with one attached hydrogen (secondary N) is 1. The number of aryl methyl sites for hydroxylation is 1. The molecule has 3 aromatic rings. The van der Waals surface area contributed by atoms with Gasteiger partial charge in [-0.05, 0) is 43.3 Å². The number of amides is 1. The third-order valence-electron chi connectivity index (χ3n) is 4.06. The third kappa shape index (κ3) is 3.49. The van der Waals surface area contributed by atoms with Crippen molar-refractivity contribution in [1.29, 1.82) is 0 Å². The van der Waals surface area contributed by atoms with Gasteiger partial charge in [0, 0.05) is 24.6 Å². The number of hydrogen-bond acceptors (Lipinski definition) is 2. The van der Waals surface area contributed by atoms with E-state index in [2.05, 4.69) is 5.32 Å². The van der Waals surface area contributed by atoms with Gasteiger partial charge in [0.1, 0.15) is 6.54 Å². The van der Waals surface area contributed by atoms with E-state index in [0.717, 1.165) is 12.1 Å². The molecule has 1 aromatic carbocycles. The van der Waals surface area contributed by atoms with Gasteiger partial charge in [0.15, 0.2) is 0 Å². The second-order valence-electron chi connectivity index (χ2n) is 5.77. The molecule has 0 radical (unpaired) electrons. The van der Waals surface area contributed by atoms with Gasteiger partial charge in [0.2, 0.25) is 5.91 Å². The first-order chi connectivity index (χ1) is 12.3. The summed E-state index contributed by atoms with van der Waals surface area (Å²) in [5, 5.41) is 3.06. The lowest BCUT2D eigenvalue weighted by molar-refractivity contribution is -0.137. The molecule has 3 rings (SSSR count). The Balaban J connectivity index is 1.75. The second-order valence-corrected chi connectivity index (χ2v) is 5.77. The zero-order valence-corrected chi connectivity index (χ0v) is 13.9. The zero-order valence-electron chi connectivity index (χ0n) is 13.9. The van der Waals surface area contributed by atoms with Gasteiger partial charge in [0.25, 0.3) is 5.56 Å². The highest BCUT2D eigenvalue weighted by molar-refractivity contribution is 5.92. The van der Waals surface area contributed by atoms with Crippen LogP contribution in [0, 0.1) is 0 Å². The van der Waals surface area contributed by atoms with E-state index in [1.165, 1.54) is 12.1 Å². The summed E-state index contributed by atoms with van der Waals surface area (Å²) in [5.41, 5.74) is -0.0129. The van der Waals surface area contributed by atoms with E-state index in [1.807, 2.05) is 6.92 Å². The maximum atomic E-state index is 12.6. The van der Waals surface area contributed by atoms with Crippen LogP contribution in [-0.4, -0.2) is 15.0 Å². The number of halogens is 3. The molecule has 0 unspecified atom stereocenters. The van der Waals surface area contributed by atoms with Crippen LogP contribution in [-0.2, 0) is 24.1 Å². The Labute approximate surface area is 146 Å². The van der Waals surface area contributed by atoms with E-state index in [1.54, 1.807) is 33.7 Å². The highest BCUT2D eigenvalue weighted by Crippen LogP contribution is 2.29. The number of alkyl halides is 3. The maximum absolute atomic E-state index is 12.6. The smallest absolute Gasteiger partial charge is 0.338 e. The fourth-order valence-electron chi connectivity index (χ4n) is 2.72. The van der Waals surface area contributed by atoms with Crippen molar-refractivity contribution in [3.63, 3.8) is 0 Å². The molecule has 136 valence electrons. The molecule has 26 heavy (non-hydrogen) atoms. The molecular formula is C18H16F3N3O2. The number of nitrogens with zero attached hydrogens (tertiary/aromatic N) is 2. The summed E-state index contributed by atoms with van der Waals surface area (Å²) in [5.74, 6) is -0.401. The van der Waals surface area contributed by atoms with Crippen LogP contribution in [0.3, 0.4) is 0 Å². The number of pyridine rings is 1. The largest absolute Gasteiger partial charge is 0.416 e. The molecule has 0 aliphatic heterocycles. The van der Waals surface area contributed by atoms with Crippen LogP contribution in [0.15, 0.2) is 53.6 Å². The van der Waals surface area contributed by atoms with Crippen molar-refractivity contribution in [2.45, 2.75) is 26.2 Å². The first-order valence-corrected chi connectivity index (χ1v) is 7.95. The molecule has 0 saturated carbocycles. The lowest BCUT2D eigenvalue weighted by Crippen LogP contribution is -2.20. The first kappa shape index (κ1) is 17.8. The van der Waals surface area contributed by atoms with E-state index < -0.39 is 17.6 Å². The monoisotopic (exact) mass is 363 g/mol. The molecule has 8 heteroatoms. The normalized spacial score (nSPS) is 11.7. The second kappa shape index (κ2) is 6.70. The summed E-state index contributed by atoms with van der Waals surface area (Å²) in [6.45, 7) is 2.36. The van der Waals surface area contributed by atoms with Gasteiger partial charge >= 0.3 is 6.18 Å². The van der Waals surface area contributed by atoms with E-state index in [4.69, 9.17) is 0 Å². The van der Waals surface area contributed by atoms with Crippen molar-refractivity contribution in [2.75, 3.05) is 5.32 Å². The van der Waals surface area contributed by atoms with Crippen molar-refractivity contribution in [2.24, 2.45) is 0 Å². The molecule has 0 fully saturated rings. The number of carbonyl (C=O) groups excluding carboxylic acids is 1. The summed E-state index contributed by atoms with van der Waals surface area (Å²) in [6.07, 6.45) is -1.12. The third-order valence-corrected chi connectivity index (χ3v) is 4.06. The number of rotatable bonds is 4. The fourth-order valence-corrected chi connectivity index (χ4v) is 2.72. The molecular weight excluding hydrogens is 347 g/mol. The fraction of sp³-hybridized carbons (Fsp3) is 0.222. The molecule has 0 spiro atoms. The first-order valence-electron chi connectivity index (χ1n) is 7.95. The van der Waals surface area contributed by atoms with Gasteiger partial charge in [-0.1, -0.05) is 0 Å². The van der Waals surface area contributed by atoms with Crippen molar-refractivity contribution in [1.82, 2.24) is 9.13 Å². The van der Waals surface area contributed by atoms with Gasteiger partial charge in [-0.15, -0.1) is 0 Å². The van der Waals surface area contributed by atoms with E-state index >= 15 is 0 Å². The summed E-state index contributed by atoms with van der Waals surface area (Å²) in [4.78, 5) is 24.4. The standard InChI is InChI=1S/C18H16F3N3O2/c1-2-23-10-8-15-14(17(23)26)7-9-24(15)11-16(25)22-13-5-3-12(4-6-13)18(19,20)21/h3-10H,2,11H2,1H3,(H,22,25). The Hall–Kier alpha value is -3.03. The Bertz CT molecular complexity index is 1000. The predicted octanol–water partition coefficient (Wildman–Crippen LogP) is 3.48. The Morgan fingerprint density at radius 3 is 2.31 bits per heavy atom. The Morgan fingerprint density at radius 2 is 1.69 bits per heavy atom. The highest BCUT2D eigenvalue weighted by atomic mass is 19.4.